The molecule has 0 saturated heterocycles. The highest BCUT2D eigenvalue weighted by Crippen LogP contribution is 2.42. The number of nitrogens with zero attached hydrogens (tertiary/aromatic N) is 3. The summed E-state index contributed by atoms with van der Waals surface area (Å²) >= 11 is 3.63. The minimum absolute atomic E-state index is 0.690. The predicted molar refractivity (Wildman–Crippen MR) is 193 cm³/mol. The van der Waals surface area contributed by atoms with E-state index in [-0.39, 0.29) is 0 Å². The molecule has 0 saturated carbocycles. The first kappa shape index (κ1) is 25.0. The first-order valence-corrected chi connectivity index (χ1v) is 16.6. The molecule has 10 aromatic rings. The van der Waals surface area contributed by atoms with E-state index < -0.39 is 0 Å². The van der Waals surface area contributed by atoms with Crippen LogP contribution in [-0.2, 0) is 0 Å². The fraction of sp³-hybridized carbons (Fsp3) is 0. The van der Waals surface area contributed by atoms with Gasteiger partial charge in [-0.15, -0.1) is 22.7 Å². The van der Waals surface area contributed by atoms with Crippen LogP contribution in [0.25, 0.3) is 90.6 Å². The predicted octanol–water partition coefficient (Wildman–Crippen LogP) is 11.6. The molecule has 3 nitrogen and oxygen atoms in total. The molecule has 0 spiro atoms. The number of rotatable bonds is 3. The lowest BCUT2D eigenvalue weighted by Crippen LogP contribution is -2.02. The molecule has 0 amide bonds. The van der Waals surface area contributed by atoms with E-state index in [1.807, 2.05) is 11.3 Å². The quantitative estimate of drug-likeness (QED) is 0.199. The Bertz CT molecular complexity index is 2710. The van der Waals surface area contributed by atoms with Gasteiger partial charge >= 0.3 is 0 Å². The number of hydrogen-bond acceptors (Lipinski definition) is 4. The molecule has 4 heterocycles. The minimum atomic E-state index is 0.690. The van der Waals surface area contributed by atoms with Crippen molar-refractivity contribution in [2.45, 2.75) is 0 Å². The average Bonchev–Trinajstić information content (AvgIpc) is 3.77. The number of fused-ring (bicyclic) bond motifs is 9. The van der Waals surface area contributed by atoms with Gasteiger partial charge < -0.3 is 0 Å². The largest absolute Gasteiger partial charge is 0.278 e. The van der Waals surface area contributed by atoms with Crippen LogP contribution >= 0.6 is 22.7 Å². The summed E-state index contributed by atoms with van der Waals surface area (Å²) in [7, 11) is 0. The zero-order valence-corrected chi connectivity index (χ0v) is 25.6. The Kier molecular flexibility index (Phi) is 5.32. The van der Waals surface area contributed by atoms with Gasteiger partial charge in [0.15, 0.2) is 0 Å². The first-order valence-electron chi connectivity index (χ1n) is 15.0. The number of thiophene rings is 2. The second-order valence-electron chi connectivity index (χ2n) is 11.4. The Balaban J connectivity index is 1.26. The van der Waals surface area contributed by atoms with Crippen molar-refractivity contribution in [1.82, 2.24) is 14.5 Å². The van der Waals surface area contributed by atoms with Crippen molar-refractivity contribution in [3.8, 4) is 28.3 Å². The van der Waals surface area contributed by atoms with Gasteiger partial charge in [0.05, 0.1) is 26.9 Å². The van der Waals surface area contributed by atoms with Crippen LogP contribution in [0, 0.1) is 0 Å². The SMILES string of the molecule is c1ccc(-c2nc(-n3c4ccccc4c4ccccc43)nc3c2sc2ccc(-c4ccc5sc6ccccc6c5c4)cc23)cc1. The summed E-state index contributed by atoms with van der Waals surface area (Å²) in [4.78, 5) is 10.7. The molecule has 0 atom stereocenters. The molecule has 0 radical (unpaired) electrons. The highest BCUT2D eigenvalue weighted by Gasteiger charge is 2.20. The monoisotopic (exact) mass is 609 g/mol. The Hall–Kier alpha value is -5.36. The lowest BCUT2D eigenvalue weighted by atomic mass is 10.0. The van der Waals surface area contributed by atoms with Crippen molar-refractivity contribution in [3.05, 3.63) is 140 Å². The van der Waals surface area contributed by atoms with E-state index in [1.165, 1.54) is 46.8 Å². The van der Waals surface area contributed by atoms with Crippen LogP contribution in [0.5, 0.6) is 0 Å². The molecular formula is C40H23N3S2. The average molecular weight is 610 g/mol. The molecule has 0 aliphatic carbocycles. The van der Waals surface area contributed by atoms with Crippen molar-refractivity contribution in [3.63, 3.8) is 0 Å². The van der Waals surface area contributed by atoms with Crippen LogP contribution in [0.2, 0.25) is 0 Å². The molecular weight excluding hydrogens is 587 g/mol. The number of aromatic nitrogens is 3. The zero-order valence-electron chi connectivity index (χ0n) is 23.9. The van der Waals surface area contributed by atoms with Gasteiger partial charge in [-0.1, -0.05) is 97.1 Å². The van der Waals surface area contributed by atoms with Crippen LogP contribution < -0.4 is 0 Å². The first-order chi connectivity index (χ1) is 22.3. The Morgan fingerprint density at radius 3 is 1.73 bits per heavy atom. The van der Waals surface area contributed by atoms with Gasteiger partial charge in [0, 0.05) is 46.6 Å². The van der Waals surface area contributed by atoms with E-state index in [1.54, 1.807) is 11.3 Å². The lowest BCUT2D eigenvalue weighted by molar-refractivity contribution is 1.02. The highest BCUT2D eigenvalue weighted by molar-refractivity contribution is 7.26. The molecule has 10 rings (SSSR count). The smallest absolute Gasteiger partial charge is 0.235 e. The fourth-order valence-electron chi connectivity index (χ4n) is 6.75. The number of hydrogen-bond donors (Lipinski definition) is 0. The van der Waals surface area contributed by atoms with E-state index in [2.05, 4.69) is 144 Å². The molecule has 210 valence electrons. The van der Waals surface area contributed by atoms with Gasteiger partial charge in [0.25, 0.3) is 0 Å². The second-order valence-corrected chi connectivity index (χ2v) is 13.5. The molecule has 0 N–H and O–H groups in total. The van der Waals surface area contributed by atoms with Crippen LogP contribution in [-0.4, -0.2) is 14.5 Å². The van der Waals surface area contributed by atoms with Crippen LogP contribution in [0.1, 0.15) is 0 Å². The minimum Gasteiger partial charge on any atom is -0.278 e. The summed E-state index contributed by atoms with van der Waals surface area (Å²) in [5.41, 5.74) is 7.66. The zero-order chi connectivity index (χ0) is 29.5. The van der Waals surface area contributed by atoms with E-state index in [0.717, 1.165) is 37.9 Å². The molecule has 0 aliphatic heterocycles. The van der Waals surface area contributed by atoms with E-state index >= 15 is 0 Å². The summed E-state index contributed by atoms with van der Waals surface area (Å²) in [5.74, 6) is 0.690. The standard InChI is InChI=1S/C40H23N3S2/c1-2-10-24(11-3-1)37-39-38(42-40(41-37)43-32-15-7-4-12-27(32)28-13-5-8-16-33(28)43)31-23-26(19-21-36(31)45-39)25-18-20-35-30(22-25)29-14-6-9-17-34(29)44-35/h1-23H. The maximum atomic E-state index is 5.37. The third-order valence-corrected chi connectivity index (χ3v) is 11.2. The van der Waals surface area contributed by atoms with Crippen molar-refractivity contribution in [2.24, 2.45) is 0 Å². The van der Waals surface area contributed by atoms with Crippen LogP contribution in [0.15, 0.2) is 140 Å². The van der Waals surface area contributed by atoms with Gasteiger partial charge in [-0.3, -0.25) is 4.57 Å². The third-order valence-electron chi connectivity index (χ3n) is 8.84. The molecule has 0 bridgehead atoms. The number of benzene rings is 6. The normalized spacial score (nSPS) is 12.0. The van der Waals surface area contributed by atoms with Gasteiger partial charge in [0.1, 0.15) is 0 Å². The summed E-state index contributed by atoms with van der Waals surface area (Å²) in [6.45, 7) is 0. The molecule has 6 aromatic carbocycles. The molecule has 0 aliphatic rings. The molecule has 5 heteroatoms. The summed E-state index contributed by atoms with van der Waals surface area (Å²) in [5, 5.41) is 6.19. The van der Waals surface area contributed by atoms with E-state index in [4.69, 9.17) is 9.97 Å². The topological polar surface area (TPSA) is 30.7 Å². The second kappa shape index (κ2) is 9.57. The number of para-hydroxylation sites is 2. The molecule has 4 aromatic heterocycles. The van der Waals surface area contributed by atoms with Crippen LogP contribution in [0.3, 0.4) is 0 Å². The summed E-state index contributed by atoms with van der Waals surface area (Å²) in [6.07, 6.45) is 0. The molecule has 0 fully saturated rings. The maximum absolute atomic E-state index is 5.37. The van der Waals surface area contributed by atoms with E-state index in [0.29, 0.717) is 5.95 Å². The Morgan fingerprint density at radius 1 is 0.422 bits per heavy atom. The Labute approximate surface area is 266 Å². The Morgan fingerprint density at radius 2 is 1.00 bits per heavy atom. The van der Waals surface area contributed by atoms with Gasteiger partial charge in [0.2, 0.25) is 5.95 Å². The fourth-order valence-corrected chi connectivity index (χ4v) is 8.97. The molecule has 45 heavy (non-hydrogen) atoms. The maximum Gasteiger partial charge on any atom is 0.235 e. The lowest BCUT2D eigenvalue weighted by Gasteiger charge is -2.10. The summed E-state index contributed by atoms with van der Waals surface area (Å²) in [6, 6.07) is 50.0. The van der Waals surface area contributed by atoms with Crippen molar-refractivity contribution in [2.75, 3.05) is 0 Å². The van der Waals surface area contributed by atoms with Crippen molar-refractivity contribution in [1.29, 1.82) is 0 Å². The van der Waals surface area contributed by atoms with E-state index in [9.17, 15) is 0 Å². The van der Waals surface area contributed by atoms with Gasteiger partial charge in [-0.2, -0.15) is 0 Å². The third kappa shape index (κ3) is 3.75. The van der Waals surface area contributed by atoms with Crippen LogP contribution in [0.4, 0.5) is 0 Å². The van der Waals surface area contributed by atoms with Crippen molar-refractivity contribution < 1.29 is 0 Å². The molecule has 0 unspecified atom stereocenters. The highest BCUT2D eigenvalue weighted by atomic mass is 32.1. The van der Waals surface area contributed by atoms with Gasteiger partial charge in [-0.05, 0) is 53.6 Å². The summed E-state index contributed by atoms with van der Waals surface area (Å²) < 4.78 is 7.18. The van der Waals surface area contributed by atoms with Crippen molar-refractivity contribution >= 4 is 85.0 Å². The van der Waals surface area contributed by atoms with Gasteiger partial charge in [-0.25, -0.2) is 9.97 Å².